The number of hydrogen-bond acceptors (Lipinski definition) is 3. The van der Waals surface area contributed by atoms with Gasteiger partial charge < -0.3 is 9.57 Å². The largest absolute Gasteiger partial charge is 0.380 e. The van der Waals surface area contributed by atoms with Gasteiger partial charge in [0, 0.05) is 6.61 Å². The summed E-state index contributed by atoms with van der Waals surface area (Å²) in [5, 5.41) is 0. The Morgan fingerprint density at radius 1 is 1.30 bits per heavy atom. The zero-order chi connectivity index (χ0) is 7.82. The lowest BCUT2D eigenvalue weighted by Gasteiger charge is -2.11. The van der Waals surface area contributed by atoms with E-state index in [-0.39, 0.29) is 6.04 Å². The SMILES string of the molecule is CCOCC(C)NOCC. The van der Waals surface area contributed by atoms with Crippen LogP contribution in [0.2, 0.25) is 0 Å². The molecule has 62 valence electrons. The van der Waals surface area contributed by atoms with Crippen LogP contribution in [0.4, 0.5) is 0 Å². The standard InChI is InChI=1S/C7H17NO2/c1-4-9-6-7(3)8-10-5-2/h7-8H,4-6H2,1-3H3. The maximum atomic E-state index is 5.15. The van der Waals surface area contributed by atoms with Gasteiger partial charge in [0.1, 0.15) is 0 Å². The van der Waals surface area contributed by atoms with Gasteiger partial charge in [-0.05, 0) is 20.8 Å². The third-order valence-corrected chi connectivity index (χ3v) is 1.00. The van der Waals surface area contributed by atoms with Gasteiger partial charge in [-0.1, -0.05) is 0 Å². The van der Waals surface area contributed by atoms with Gasteiger partial charge in [0.25, 0.3) is 0 Å². The molecule has 1 unspecified atom stereocenters. The van der Waals surface area contributed by atoms with Crippen LogP contribution in [0, 0.1) is 0 Å². The molecule has 0 amide bonds. The lowest BCUT2D eigenvalue weighted by Crippen LogP contribution is -2.30. The highest BCUT2D eigenvalue weighted by Gasteiger charge is 1.98. The zero-order valence-electron chi connectivity index (χ0n) is 7.02. The molecule has 0 saturated heterocycles. The number of ether oxygens (including phenoxy) is 1. The second-order valence-corrected chi connectivity index (χ2v) is 2.11. The maximum Gasteiger partial charge on any atom is 0.0654 e. The van der Waals surface area contributed by atoms with E-state index in [0.29, 0.717) is 13.2 Å². The van der Waals surface area contributed by atoms with E-state index < -0.39 is 0 Å². The van der Waals surface area contributed by atoms with Crippen molar-refractivity contribution in [1.82, 2.24) is 5.48 Å². The van der Waals surface area contributed by atoms with Crippen LogP contribution in [0.5, 0.6) is 0 Å². The summed E-state index contributed by atoms with van der Waals surface area (Å²) in [7, 11) is 0. The number of nitrogens with one attached hydrogen (secondary N) is 1. The number of rotatable bonds is 6. The third kappa shape index (κ3) is 6.01. The minimum Gasteiger partial charge on any atom is -0.380 e. The average molecular weight is 147 g/mol. The van der Waals surface area contributed by atoms with Gasteiger partial charge in [-0.2, -0.15) is 5.48 Å². The van der Waals surface area contributed by atoms with Crippen LogP contribution >= 0.6 is 0 Å². The van der Waals surface area contributed by atoms with E-state index in [2.05, 4.69) is 5.48 Å². The molecular weight excluding hydrogens is 130 g/mol. The van der Waals surface area contributed by atoms with Gasteiger partial charge in [-0.3, -0.25) is 0 Å². The highest BCUT2D eigenvalue weighted by atomic mass is 16.6. The second-order valence-electron chi connectivity index (χ2n) is 2.11. The van der Waals surface area contributed by atoms with Crippen molar-refractivity contribution in [3.05, 3.63) is 0 Å². The van der Waals surface area contributed by atoms with E-state index in [1.807, 2.05) is 20.8 Å². The molecule has 0 aromatic carbocycles. The quantitative estimate of drug-likeness (QED) is 0.567. The zero-order valence-corrected chi connectivity index (χ0v) is 7.02. The molecule has 0 aliphatic heterocycles. The molecule has 0 fully saturated rings. The fraction of sp³-hybridized carbons (Fsp3) is 1.00. The lowest BCUT2D eigenvalue weighted by molar-refractivity contribution is 0.00112. The van der Waals surface area contributed by atoms with Crippen LogP contribution in [0.3, 0.4) is 0 Å². The molecular formula is C7H17NO2. The van der Waals surface area contributed by atoms with E-state index in [4.69, 9.17) is 9.57 Å². The maximum absolute atomic E-state index is 5.15. The second kappa shape index (κ2) is 6.99. The van der Waals surface area contributed by atoms with Crippen LogP contribution in [0.25, 0.3) is 0 Å². The van der Waals surface area contributed by atoms with E-state index in [1.54, 1.807) is 0 Å². The van der Waals surface area contributed by atoms with Gasteiger partial charge in [0.15, 0.2) is 0 Å². The average Bonchev–Trinajstić information content (AvgIpc) is 1.97. The Kier molecular flexibility index (Phi) is 6.91. The van der Waals surface area contributed by atoms with E-state index in [9.17, 15) is 0 Å². The first kappa shape index (κ1) is 9.88. The van der Waals surface area contributed by atoms with Crippen LogP contribution in [0.1, 0.15) is 20.8 Å². The Bertz CT molecular complexity index is 60.6. The molecule has 0 radical (unpaired) electrons. The Morgan fingerprint density at radius 2 is 2.00 bits per heavy atom. The van der Waals surface area contributed by atoms with Crippen molar-refractivity contribution < 1.29 is 9.57 Å². The molecule has 0 spiro atoms. The van der Waals surface area contributed by atoms with Crippen LogP contribution in [-0.4, -0.2) is 25.9 Å². The Hall–Kier alpha value is -0.120. The summed E-state index contributed by atoms with van der Waals surface area (Å²) < 4.78 is 5.15. The molecule has 0 rings (SSSR count). The predicted molar refractivity (Wildman–Crippen MR) is 40.7 cm³/mol. The molecule has 0 aromatic rings. The normalized spacial score (nSPS) is 13.5. The smallest absolute Gasteiger partial charge is 0.0654 e. The van der Waals surface area contributed by atoms with Gasteiger partial charge in [0.05, 0.1) is 19.3 Å². The van der Waals surface area contributed by atoms with Crippen molar-refractivity contribution in [3.8, 4) is 0 Å². The molecule has 3 heteroatoms. The molecule has 10 heavy (non-hydrogen) atoms. The van der Waals surface area contributed by atoms with E-state index >= 15 is 0 Å². The van der Waals surface area contributed by atoms with Crippen molar-refractivity contribution in [2.45, 2.75) is 26.8 Å². The fourth-order valence-corrected chi connectivity index (χ4v) is 0.554. The Balaban J connectivity index is 3.00. The van der Waals surface area contributed by atoms with Crippen molar-refractivity contribution in [2.24, 2.45) is 0 Å². The first-order chi connectivity index (χ1) is 4.81. The minimum absolute atomic E-state index is 0.278. The third-order valence-electron chi connectivity index (χ3n) is 1.00. The summed E-state index contributed by atoms with van der Waals surface area (Å²) >= 11 is 0. The topological polar surface area (TPSA) is 30.5 Å². The molecule has 0 aliphatic carbocycles. The predicted octanol–water partition coefficient (Wildman–Crippen LogP) is 0.952. The molecule has 0 saturated carbocycles. The monoisotopic (exact) mass is 147 g/mol. The number of hydroxylamine groups is 1. The summed E-state index contributed by atoms with van der Waals surface area (Å²) in [6.45, 7) is 8.10. The molecule has 0 bridgehead atoms. The summed E-state index contributed by atoms with van der Waals surface area (Å²) in [5.74, 6) is 0. The molecule has 0 aromatic heterocycles. The van der Waals surface area contributed by atoms with Gasteiger partial charge in [-0.15, -0.1) is 0 Å². The van der Waals surface area contributed by atoms with Crippen LogP contribution in [0.15, 0.2) is 0 Å². The summed E-state index contributed by atoms with van der Waals surface area (Å²) in [4.78, 5) is 4.96. The first-order valence-corrected chi connectivity index (χ1v) is 3.76. The van der Waals surface area contributed by atoms with E-state index in [0.717, 1.165) is 6.61 Å². The van der Waals surface area contributed by atoms with Gasteiger partial charge in [-0.25, -0.2) is 0 Å². The van der Waals surface area contributed by atoms with Gasteiger partial charge >= 0.3 is 0 Å². The summed E-state index contributed by atoms with van der Waals surface area (Å²) in [5.41, 5.74) is 2.84. The van der Waals surface area contributed by atoms with Crippen molar-refractivity contribution in [1.29, 1.82) is 0 Å². The van der Waals surface area contributed by atoms with Crippen LogP contribution in [-0.2, 0) is 9.57 Å². The highest BCUT2D eigenvalue weighted by molar-refractivity contribution is 4.49. The van der Waals surface area contributed by atoms with Crippen LogP contribution < -0.4 is 5.48 Å². The fourth-order valence-electron chi connectivity index (χ4n) is 0.554. The Labute approximate surface area is 62.7 Å². The van der Waals surface area contributed by atoms with Crippen molar-refractivity contribution >= 4 is 0 Å². The number of hydrogen-bond donors (Lipinski definition) is 1. The van der Waals surface area contributed by atoms with E-state index in [1.165, 1.54) is 0 Å². The summed E-state index contributed by atoms with van der Waals surface area (Å²) in [6.07, 6.45) is 0. The van der Waals surface area contributed by atoms with Crippen molar-refractivity contribution in [2.75, 3.05) is 19.8 Å². The first-order valence-electron chi connectivity index (χ1n) is 3.76. The molecule has 1 N–H and O–H groups in total. The highest BCUT2D eigenvalue weighted by Crippen LogP contribution is 1.83. The molecule has 0 heterocycles. The summed E-state index contributed by atoms with van der Waals surface area (Å²) in [6, 6.07) is 0.278. The van der Waals surface area contributed by atoms with Gasteiger partial charge in [0.2, 0.25) is 0 Å². The minimum atomic E-state index is 0.278. The lowest BCUT2D eigenvalue weighted by atomic mass is 10.4. The molecule has 3 nitrogen and oxygen atoms in total. The molecule has 0 aliphatic rings. The molecule has 1 atom stereocenters. The Morgan fingerprint density at radius 3 is 2.50 bits per heavy atom. The van der Waals surface area contributed by atoms with Crippen molar-refractivity contribution in [3.63, 3.8) is 0 Å².